The predicted octanol–water partition coefficient (Wildman–Crippen LogP) is 2.68. The van der Waals surface area contributed by atoms with Crippen molar-refractivity contribution in [1.82, 2.24) is 19.9 Å². The van der Waals surface area contributed by atoms with Gasteiger partial charge in [-0.2, -0.15) is 29.8 Å². The molecule has 1 aliphatic rings. The van der Waals surface area contributed by atoms with E-state index in [1.807, 2.05) is 77.6 Å². The number of hydrogen-bond donors (Lipinski definition) is 8. The van der Waals surface area contributed by atoms with Crippen LogP contribution >= 0.6 is 0 Å². The number of nitrogens with two attached hydrogens (primary N) is 1. The SMILES string of the molecule is NCCCc1cc[n+](C2=c3ccc([nH]3)=C(c3ccc(S(=O)(=O)O)cc3)c3ccc([nH]3)C(c3ccc(S(=O)(=O)O)cc3)=c3ccc([nH]3)=C(c3ccc(S(=O)(=O)O)cc3)c3ccc2[nH]3)cc1. The highest BCUT2D eigenvalue weighted by Gasteiger charge is 2.23. The highest BCUT2D eigenvalue weighted by atomic mass is 32.2. The molecule has 0 spiro atoms. The fourth-order valence-corrected chi connectivity index (χ4v) is 9.42. The largest absolute Gasteiger partial charge is 0.354 e. The molecule has 0 amide bonds. The fourth-order valence-electron chi connectivity index (χ4n) is 7.98. The van der Waals surface area contributed by atoms with Crippen molar-refractivity contribution < 1.29 is 43.5 Å². The average Bonchev–Trinajstić information content (AvgIpc) is 4.11. The van der Waals surface area contributed by atoms with Crippen LogP contribution in [0.25, 0.3) is 22.4 Å². The van der Waals surface area contributed by atoms with Gasteiger partial charge in [0.25, 0.3) is 36.1 Å². The maximum Gasteiger partial charge on any atom is 0.294 e. The number of aryl methyl sites for hydroxylation is 1. The van der Waals surface area contributed by atoms with Crippen LogP contribution in [0.4, 0.5) is 0 Å². The smallest absolute Gasteiger partial charge is 0.294 e. The summed E-state index contributed by atoms with van der Waals surface area (Å²) in [4.78, 5) is 13.5. The normalized spacial score (nSPS) is 13.4. The van der Waals surface area contributed by atoms with E-state index in [1.54, 1.807) is 36.4 Å². The number of benzene rings is 3. The Morgan fingerprint density at radius 3 is 1.14 bits per heavy atom. The first-order valence-electron chi connectivity index (χ1n) is 19.8. The highest BCUT2D eigenvalue weighted by molar-refractivity contribution is 7.86. The first-order valence-corrected chi connectivity index (χ1v) is 24.1. The van der Waals surface area contributed by atoms with Gasteiger partial charge in [0.15, 0.2) is 12.4 Å². The molecule has 8 aromatic rings. The van der Waals surface area contributed by atoms with Gasteiger partial charge in [-0.15, -0.1) is 0 Å². The van der Waals surface area contributed by atoms with E-state index < -0.39 is 30.4 Å². The van der Waals surface area contributed by atoms with Crippen LogP contribution in [0.3, 0.4) is 0 Å². The topological polar surface area (TPSA) is 256 Å². The minimum absolute atomic E-state index is 0.272. The van der Waals surface area contributed by atoms with Gasteiger partial charge in [0, 0.05) is 62.0 Å². The van der Waals surface area contributed by atoms with E-state index in [-0.39, 0.29) is 14.7 Å². The molecular weight excluding hydrogens is 877 g/mol. The Balaban J connectivity index is 1.38. The zero-order chi connectivity index (χ0) is 45.0. The maximum absolute atomic E-state index is 12.1. The molecule has 0 unspecified atom stereocenters. The van der Waals surface area contributed by atoms with Gasteiger partial charge in [0.05, 0.1) is 14.7 Å². The third-order valence-corrected chi connectivity index (χ3v) is 13.6. The Labute approximate surface area is 366 Å². The standard InChI is InChI=1S/C46H38N6O9S3/c47-25-1-2-28-23-26-52(27-24-28)46-41-21-19-39(50-41)44(30-5-11-33(12-6-30)63(56,57)58)37-17-15-35(48-37)43(29-3-9-32(10-4-29)62(53,54)55)36-16-18-38(49-36)45(40-20-22-42(46)51-40)31-7-13-34(14-8-31)64(59,60)61/h3-24,26-27,48-51H,1-2,25,47H2,(H2-,53,54,55,56,57,58,59,60,61)/p+1. The summed E-state index contributed by atoms with van der Waals surface area (Å²) in [6.07, 6.45) is 5.56. The van der Waals surface area contributed by atoms with E-state index >= 15 is 0 Å². The predicted molar refractivity (Wildman–Crippen MR) is 237 cm³/mol. The number of aromatic nitrogens is 5. The zero-order valence-corrected chi connectivity index (χ0v) is 36.0. The third-order valence-electron chi connectivity index (χ3n) is 11.0. The van der Waals surface area contributed by atoms with E-state index in [2.05, 4.69) is 19.9 Å². The maximum atomic E-state index is 12.1. The molecule has 0 atom stereocenters. The van der Waals surface area contributed by atoms with E-state index in [9.17, 15) is 38.9 Å². The van der Waals surface area contributed by atoms with Crippen LogP contribution in [-0.4, -0.2) is 65.4 Å². The summed E-state index contributed by atoms with van der Waals surface area (Å²) < 4.78 is 104. The molecule has 324 valence electrons. The van der Waals surface area contributed by atoms with Crippen LogP contribution in [0.1, 0.15) is 51.5 Å². The summed E-state index contributed by atoms with van der Waals surface area (Å²) in [5.74, 6) is 0. The molecule has 15 nitrogen and oxygen atoms in total. The molecule has 9 rings (SSSR count). The van der Waals surface area contributed by atoms with Crippen molar-refractivity contribution in [2.24, 2.45) is 5.73 Å². The van der Waals surface area contributed by atoms with Gasteiger partial charge >= 0.3 is 0 Å². The van der Waals surface area contributed by atoms with Crippen LogP contribution < -0.4 is 31.7 Å². The molecule has 5 aromatic heterocycles. The van der Waals surface area contributed by atoms with Gasteiger partial charge in [-0.3, -0.25) is 13.7 Å². The number of nitrogens with zero attached hydrogens (tertiary/aromatic N) is 1. The number of nitrogens with one attached hydrogen (secondary N) is 4. The van der Waals surface area contributed by atoms with Gasteiger partial charge in [-0.25, -0.2) is 0 Å². The van der Waals surface area contributed by atoms with E-state index in [0.717, 1.165) is 24.1 Å². The summed E-state index contributed by atoms with van der Waals surface area (Å²) in [6, 6.07) is 36.6. The van der Waals surface area contributed by atoms with E-state index in [0.29, 0.717) is 84.1 Å². The molecule has 8 bridgehead atoms. The molecule has 9 N–H and O–H groups in total. The van der Waals surface area contributed by atoms with Crippen LogP contribution in [0.15, 0.2) is 161 Å². The van der Waals surface area contributed by atoms with Crippen LogP contribution in [0.5, 0.6) is 0 Å². The van der Waals surface area contributed by atoms with Gasteiger partial charge in [-0.05, 0) is 127 Å². The van der Waals surface area contributed by atoms with Gasteiger partial charge < -0.3 is 25.7 Å². The summed E-state index contributed by atoms with van der Waals surface area (Å²) in [5.41, 5.74) is 13.9. The van der Waals surface area contributed by atoms with Crippen molar-refractivity contribution in [3.05, 3.63) is 212 Å². The fraction of sp³-hybridized carbons (Fsp3) is 0.0652. The quantitative estimate of drug-likeness (QED) is 0.0736. The van der Waals surface area contributed by atoms with Gasteiger partial charge in [-0.1, -0.05) is 36.4 Å². The van der Waals surface area contributed by atoms with Crippen molar-refractivity contribution in [1.29, 1.82) is 0 Å². The van der Waals surface area contributed by atoms with Crippen molar-refractivity contribution in [3.63, 3.8) is 0 Å². The van der Waals surface area contributed by atoms with Crippen molar-refractivity contribution in [3.8, 4) is 0 Å². The third kappa shape index (κ3) is 8.33. The summed E-state index contributed by atoms with van der Waals surface area (Å²) >= 11 is 0. The Morgan fingerprint density at radius 2 is 0.766 bits per heavy atom. The molecule has 0 fully saturated rings. The van der Waals surface area contributed by atoms with Gasteiger partial charge in [0.2, 0.25) is 0 Å². The van der Waals surface area contributed by atoms with Crippen LogP contribution in [0, 0.1) is 0 Å². The van der Waals surface area contributed by atoms with Crippen LogP contribution in [0.2, 0.25) is 0 Å². The number of H-pyrrole nitrogens is 4. The molecular formula is C46H39N6O9S3+. The number of pyridine rings is 1. The Morgan fingerprint density at radius 1 is 0.422 bits per heavy atom. The lowest BCUT2D eigenvalue weighted by Gasteiger charge is -2.10. The summed E-state index contributed by atoms with van der Waals surface area (Å²) in [5, 5.41) is 2.54. The Hall–Kier alpha value is -6.90. The molecule has 0 radical (unpaired) electrons. The van der Waals surface area contributed by atoms with E-state index in [1.165, 1.54) is 36.4 Å². The monoisotopic (exact) mass is 915 g/mol. The molecule has 6 heterocycles. The van der Waals surface area contributed by atoms with Crippen LogP contribution in [-0.2, 0) is 36.8 Å². The summed E-state index contributed by atoms with van der Waals surface area (Å²) in [7, 11) is -13.5. The Kier molecular flexibility index (Phi) is 10.8. The first kappa shape index (κ1) is 42.4. The zero-order valence-electron chi connectivity index (χ0n) is 33.5. The van der Waals surface area contributed by atoms with E-state index in [4.69, 9.17) is 5.73 Å². The molecule has 0 aliphatic carbocycles. The Bertz CT molecular complexity index is 3700. The van der Waals surface area contributed by atoms with Crippen molar-refractivity contribution in [2.75, 3.05) is 6.54 Å². The molecule has 0 saturated heterocycles. The van der Waals surface area contributed by atoms with Crippen molar-refractivity contribution >= 4 is 52.8 Å². The second-order valence-electron chi connectivity index (χ2n) is 15.1. The molecule has 0 saturated carbocycles. The molecule has 18 heteroatoms. The molecule has 1 aliphatic heterocycles. The lowest BCUT2D eigenvalue weighted by Crippen LogP contribution is -2.38. The number of rotatable bonds is 10. The number of hydrogen-bond acceptors (Lipinski definition) is 7. The first-order chi connectivity index (χ1) is 30.5. The average molecular weight is 916 g/mol. The lowest BCUT2D eigenvalue weighted by atomic mass is 10.0. The second kappa shape index (κ2) is 16.3. The van der Waals surface area contributed by atoms with Crippen molar-refractivity contribution in [2.45, 2.75) is 27.5 Å². The highest BCUT2D eigenvalue weighted by Crippen LogP contribution is 2.28. The minimum atomic E-state index is -4.50. The molecule has 3 aromatic carbocycles. The van der Waals surface area contributed by atoms with Gasteiger partial charge in [0.1, 0.15) is 11.0 Å². The number of fused-ring (bicyclic) bond motifs is 8. The minimum Gasteiger partial charge on any atom is -0.354 e. The molecule has 64 heavy (non-hydrogen) atoms. The second-order valence-corrected chi connectivity index (χ2v) is 19.4. The number of aromatic amines is 4. The lowest BCUT2D eigenvalue weighted by molar-refractivity contribution is -0.580. The summed E-state index contributed by atoms with van der Waals surface area (Å²) in [6.45, 7) is 0.561.